The molecule has 0 atom stereocenters. The lowest BCUT2D eigenvalue weighted by molar-refractivity contribution is -0.148. The van der Waals surface area contributed by atoms with E-state index in [1.165, 1.54) is 36.1 Å². The van der Waals surface area contributed by atoms with Gasteiger partial charge in [-0.25, -0.2) is 0 Å². The van der Waals surface area contributed by atoms with E-state index >= 15 is 0 Å². The van der Waals surface area contributed by atoms with Gasteiger partial charge in [0.05, 0.1) is 6.54 Å². The quantitative estimate of drug-likeness (QED) is 0.830. The Morgan fingerprint density at radius 2 is 1.57 bits per heavy atom. The van der Waals surface area contributed by atoms with Crippen molar-refractivity contribution < 1.29 is 9.59 Å². The van der Waals surface area contributed by atoms with Gasteiger partial charge in [0.15, 0.2) is 0 Å². The second-order valence-corrected chi connectivity index (χ2v) is 10.5. The number of anilines is 1. The molecule has 6 rings (SSSR count). The van der Waals surface area contributed by atoms with Crippen molar-refractivity contribution in [3.63, 3.8) is 0 Å². The molecule has 1 aromatic carbocycles. The van der Waals surface area contributed by atoms with Gasteiger partial charge >= 0.3 is 0 Å². The molecule has 0 unspecified atom stereocenters. The monoisotopic (exact) mass is 409 g/mol. The molecular formula is C25H35N3O2. The summed E-state index contributed by atoms with van der Waals surface area (Å²) in [6.45, 7) is 7.61. The van der Waals surface area contributed by atoms with Crippen LogP contribution in [0.4, 0.5) is 5.69 Å². The molecule has 4 saturated carbocycles. The third-order valence-corrected chi connectivity index (χ3v) is 8.47. The molecule has 1 heterocycles. The summed E-state index contributed by atoms with van der Waals surface area (Å²) in [6, 6.07) is 6.42. The summed E-state index contributed by atoms with van der Waals surface area (Å²) < 4.78 is 0. The largest absolute Gasteiger partial charge is 0.368 e. The van der Waals surface area contributed by atoms with Gasteiger partial charge in [0.25, 0.3) is 0 Å². The Kier molecular flexibility index (Phi) is 5.03. The predicted octanol–water partition coefficient (Wildman–Crippen LogP) is 3.28. The number of carbonyl (C=O) groups is 2. The van der Waals surface area contributed by atoms with Crippen LogP contribution in [0.3, 0.4) is 0 Å². The molecule has 30 heavy (non-hydrogen) atoms. The van der Waals surface area contributed by atoms with Crippen molar-refractivity contribution in [3.8, 4) is 0 Å². The smallest absolute Gasteiger partial charge is 0.242 e. The van der Waals surface area contributed by atoms with Crippen LogP contribution in [0.2, 0.25) is 0 Å². The molecule has 0 radical (unpaired) electrons. The van der Waals surface area contributed by atoms with Crippen LogP contribution >= 0.6 is 0 Å². The van der Waals surface area contributed by atoms with Crippen LogP contribution in [0.15, 0.2) is 18.2 Å². The van der Waals surface area contributed by atoms with Crippen molar-refractivity contribution >= 4 is 17.5 Å². The SMILES string of the molecule is Cc1cccc(N2CCN(C(=O)CNC(=O)C34CC5CC(CC(C5)C3)C4)CC2)c1C. The fourth-order valence-electron chi connectivity index (χ4n) is 7.12. The minimum atomic E-state index is -0.170. The van der Waals surface area contributed by atoms with Crippen LogP contribution in [0.1, 0.15) is 49.7 Å². The van der Waals surface area contributed by atoms with Gasteiger partial charge in [-0.05, 0) is 87.3 Å². The number of aryl methyl sites for hydroxylation is 1. The Morgan fingerprint density at radius 3 is 2.17 bits per heavy atom. The number of hydrogen-bond donors (Lipinski definition) is 1. The van der Waals surface area contributed by atoms with E-state index in [9.17, 15) is 9.59 Å². The highest BCUT2D eigenvalue weighted by atomic mass is 16.2. The number of nitrogens with zero attached hydrogens (tertiary/aromatic N) is 2. The number of benzene rings is 1. The molecule has 5 fully saturated rings. The van der Waals surface area contributed by atoms with Crippen molar-refractivity contribution in [2.24, 2.45) is 23.2 Å². The first-order valence-electron chi connectivity index (χ1n) is 11.8. The summed E-state index contributed by atoms with van der Waals surface area (Å²) in [5.41, 5.74) is 3.73. The molecular weight excluding hydrogens is 374 g/mol. The standard InChI is InChI=1S/C25H35N3O2/c1-17-4-3-5-22(18(17)2)27-6-8-28(9-7-27)23(29)16-26-24(30)25-13-19-10-20(14-25)12-21(11-19)15-25/h3-5,19-21H,6-16H2,1-2H3,(H,26,30). The topological polar surface area (TPSA) is 52.6 Å². The Balaban J connectivity index is 1.14. The highest BCUT2D eigenvalue weighted by Gasteiger charge is 2.54. The maximum atomic E-state index is 13.1. The predicted molar refractivity (Wildman–Crippen MR) is 118 cm³/mol. The van der Waals surface area contributed by atoms with E-state index in [0.29, 0.717) is 0 Å². The van der Waals surface area contributed by atoms with Crippen LogP contribution in [-0.4, -0.2) is 49.4 Å². The maximum Gasteiger partial charge on any atom is 0.242 e. The van der Waals surface area contributed by atoms with Gasteiger partial charge in [0, 0.05) is 37.3 Å². The van der Waals surface area contributed by atoms with Crippen LogP contribution in [-0.2, 0) is 9.59 Å². The maximum absolute atomic E-state index is 13.1. The Hall–Kier alpha value is -2.04. The lowest BCUT2D eigenvalue weighted by Crippen LogP contribution is -2.56. The molecule has 1 aromatic rings. The lowest BCUT2D eigenvalue weighted by Gasteiger charge is -2.55. The van der Waals surface area contributed by atoms with Crippen LogP contribution in [0.25, 0.3) is 0 Å². The number of piperazine rings is 1. The minimum absolute atomic E-state index is 0.0636. The number of carbonyl (C=O) groups excluding carboxylic acids is 2. The molecule has 4 aliphatic carbocycles. The second-order valence-electron chi connectivity index (χ2n) is 10.5. The van der Waals surface area contributed by atoms with Crippen molar-refractivity contribution in [1.82, 2.24) is 10.2 Å². The molecule has 2 amide bonds. The van der Waals surface area contributed by atoms with E-state index in [-0.39, 0.29) is 23.8 Å². The highest BCUT2D eigenvalue weighted by Crippen LogP contribution is 2.60. The van der Waals surface area contributed by atoms with Crippen LogP contribution in [0.5, 0.6) is 0 Å². The summed E-state index contributed by atoms with van der Waals surface area (Å²) in [7, 11) is 0. The number of rotatable bonds is 4. The number of hydrogen-bond acceptors (Lipinski definition) is 3. The normalized spacial score (nSPS) is 32.4. The van der Waals surface area contributed by atoms with Gasteiger partial charge in [0.2, 0.25) is 11.8 Å². The van der Waals surface area contributed by atoms with Gasteiger partial charge in [0.1, 0.15) is 0 Å². The molecule has 5 nitrogen and oxygen atoms in total. The van der Waals surface area contributed by atoms with E-state index < -0.39 is 0 Å². The first kappa shape index (κ1) is 19.9. The molecule has 1 aliphatic heterocycles. The third kappa shape index (κ3) is 3.50. The zero-order valence-corrected chi connectivity index (χ0v) is 18.5. The summed E-state index contributed by atoms with van der Waals surface area (Å²) in [4.78, 5) is 30.2. The first-order valence-corrected chi connectivity index (χ1v) is 11.8. The van der Waals surface area contributed by atoms with Crippen LogP contribution < -0.4 is 10.2 Å². The zero-order valence-electron chi connectivity index (χ0n) is 18.5. The van der Waals surface area contributed by atoms with Gasteiger partial charge in [-0.2, -0.15) is 0 Å². The molecule has 0 aromatic heterocycles. The summed E-state index contributed by atoms with van der Waals surface area (Å²) in [6.07, 6.45) is 7.14. The molecule has 1 saturated heterocycles. The fraction of sp³-hybridized carbons (Fsp3) is 0.680. The van der Waals surface area contributed by atoms with Crippen molar-refractivity contribution in [2.75, 3.05) is 37.6 Å². The summed E-state index contributed by atoms with van der Waals surface area (Å²) in [5.74, 6) is 2.46. The van der Waals surface area contributed by atoms with Gasteiger partial charge in [-0.3, -0.25) is 9.59 Å². The van der Waals surface area contributed by atoms with Gasteiger partial charge < -0.3 is 15.1 Å². The summed E-state index contributed by atoms with van der Waals surface area (Å²) in [5, 5.41) is 3.05. The van der Waals surface area contributed by atoms with Gasteiger partial charge in [-0.15, -0.1) is 0 Å². The highest BCUT2D eigenvalue weighted by molar-refractivity contribution is 5.88. The lowest BCUT2D eigenvalue weighted by atomic mass is 9.49. The zero-order chi connectivity index (χ0) is 20.9. The molecule has 0 spiro atoms. The Bertz CT molecular complexity index is 806. The van der Waals surface area contributed by atoms with E-state index in [1.807, 2.05) is 4.90 Å². The van der Waals surface area contributed by atoms with Crippen molar-refractivity contribution in [2.45, 2.75) is 52.4 Å². The first-order chi connectivity index (χ1) is 14.4. The average molecular weight is 410 g/mol. The number of nitrogens with one attached hydrogen (secondary N) is 1. The number of amides is 2. The molecule has 5 heteroatoms. The van der Waals surface area contributed by atoms with E-state index in [4.69, 9.17) is 0 Å². The fourth-order valence-corrected chi connectivity index (χ4v) is 7.12. The van der Waals surface area contributed by atoms with E-state index in [0.717, 1.165) is 63.2 Å². The molecule has 5 aliphatic rings. The second kappa shape index (κ2) is 7.58. The Labute approximate surface area is 180 Å². The third-order valence-electron chi connectivity index (χ3n) is 8.47. The molecule has 162 valence electrons. The van der Waals surface area contributed by atoms with Crippen molar-refractivity contribution in [3.05, 3.63) is 29.3 Å². The molecule has 4 bridgehead atoms. The average Bonchev–Trinajstić information content (AvgIpc) is 2.73. The van der Waals surface area contributed by atoms with E-state index in [1.54, 1.807) is 0 Å². The summed E-state index contributed by atoms with van der Waals surface area (Å²) >= 11 is 0. The minimum Gasteiger partial charge on any atom is -0.368 e. The van der Waals surface area contributed by atoms with Gasteiger partial charge in [-0.1, -0.05) is 12.1 Å². The van der Waals surface area contributed by atoms with E-state index in [2.05, 4.69) is 42.3 Å². The van der Waals surface area contributed by atoms with Crippen LogP contribution in [0, 0.1) is 37.0 Å². The van der Waals surface area contributed by atoms with Crippen molar-refractivity contribution in [1.29, 1.82) is 0 Å². The Morgan fingerprint density at radius 1 is 0.967 bits per heavy atom. The molecule has 1 N–H and O–H groups in total.